The van der Waals surface area contributed by atoms with Gasteiger partial charge < -0.3 is 10.1 Å². The number of nitrogens with one attached hydrogen (secondary N) is 1. The van der Waals surface area contributed by atoms with E-state index in [0.29, 0.717) is 6.54 Å². The minimum atomic E-state index is -0.379. The van der Waals surface area contributed by atoms with E-state index < -0.39 is 0 Å². The zero-order valence-corrected chi connectivity index (χ0v) is 11.7. The highest BCUT2D eigenvalue weighted by molar-refractivity contribution is 5.99. The molecule has 3 rings (SSSR count). The fraction of sp³-hybridized carbons (Fsp3) is 0.471. The number of allylic oxidation sites excluding steroid dienone is 1. The number of rotatable bonds is 2. The summed E-state index contributed by atoms with van der Waals surface area (Å²) in [7, 11) is 0. The van der Waals surface area contributed by atoms with Gasteiger partial charge in [0.2, 0.25) is 5.78 Å². The first-order chi connectivity index (χ1) is 9.84. The van der Waals surface area contributed by atoms with E-state index in [1.165, 1.54) is 19.3 Å². The summed E-state index contributed by atoms with van der Waals surface area (Å²) in [5, 5.41) is 3.29. The molecule has 1 heterocycles. The maximum atomic E-state index is 12.6. The van der Waals surface area contributed by atoms with Crippen LogP contribution in [0.25, 0.3) is 0 Å². The third kappa shape index (κ3) is 2.87. The van der Waals surface area contributed by atoms with Crippen LogP contribution in [0.15, 0.2) is 35.9 Å². The molecule has 2 aliphatic rings. The van der Waals surface area contributed by atoms with Crippen molar-refractivity contribution in [2.24, 2.45) is 0 Å². The van der Waals surface area contributed by atoms with Crippen LogP contribution in [-0.2, 0) is 4.79 Å². The minimum Gasteiger partial charge on any atom is -0.478 e. The van der Waals surface area contributed by atoms with Gasteiger partial charge in [-0.1, -0.05) is 31.1 Å². The number of para-hydroxylation sites is 2. The van der Waals surface area contributed by atoms with Gasteiger partial charge >= 0.3 is 0 Å². The molecule has 0 saturated carbocycles. The first-order valence-corrected chi connectivity index (χ1v) is 7.57. The molecule has 1 aromatic carbocycles. The number of anilines is 1. The van der Waals surface area contributed by atoms with Gasteiger partial charge in [-0.3, -0.25) is 4.79 Å². The Kier molecular flexibility index (Phi) is 4.05. The van der Waals surface area contributed by atoms with E-state index in [2.05, 4.69) is 11.4 Å². The molecule has 0 radical (unpaired) electrons. The van der Waals surface area contributed by atoms with E-state index >= 15 is 0 Å². The molecule has 1 aliphatic carbocycles. The molecule has 0 aromatic heterocycles. The Labute approximate surface area is 120 Å². The van der Waals surface area contributed by atoms with Crippen molar-refractivity contribution in [2.45, 2.75) is 44.6 Å². The quantitative estimate of drug-likeness (QED) is 0.891. The predicted molar refractivity (Wildman–Crippen MR) is 80.1 cm³/mol. The van der Waals surface area contributed by atoms with Crippen molar-refractivity contribution >= 4 is 11.5 Å². The van der Waals surface area contributed by atoms with Crippen LogP contribution in [-0.4, -0.2) is 18.4 Å². The lowest BCUT2D eigenvalue weighted by atomic mass is 9.94. The standard InChI is InChI=1S/C17H21NO2/c19-17(13-8-4-2-1-3-5-9-13)16-12-18-14-10-6-7-11-15(14)20-16/h6-8,10-11,16,18H,1-5,9,12H2/b13-8+. The first-order valence-electron chi connectivity index (χ1n) is 7.57. The molecule has 106 valence electrons. The summed E-state index contributed by atoms with van der Waals surface area (Å²) in [6.45, 7) is 0.563. The number of fused-ring (bicyclic) bond motifs is 1. The average molecular weight is 271 g/mol. The number of ether oxygens (including phenoxy) is 1. The van der Waals surface area contributed by atoms with Crippen LogP contribution in [0.1, 0.15) is 38.5 Å². The van der Waals surface area contributed by atoms with Gasteiger partial charge in [-0.2, -0.15) is 0 Å². The smallest absolute Gasteiger partial charge is 0.200 e. The largest absolute Gasteiger partial charge is 0.478 e. The summed E-state index contributed by atoms with van der Waals surface area (Å²) >= 11 is 0. The van der Waals surface area contributed by atoms with Gasteiger partial charge in [-0.05, 0) is 43.4 Å². The third-order valence-corrected chi connectivity index (χ3v) is 4.03. The summed E-state index contributed by atoms with van der Waals surface area (Å²) < 4.78 is 5.87. The highest BCUT2D eigenvalue weighted by Gasteiger charge is 2.27. The molecule has 1 unspecified atom stereocenters. The van der Waals surface area contributed by atoms with Gasteiger partial charge in [0.1, 0.15) is 5.75 Å². The summed E-state index contributed by atoms with van der Waals surface area (Å²) in [6.07, 6.45) is 8.52. The maximum Gasteiger partial charge on any atom is 0.200 e. The number of Topliss-reactive ketones (excluding diaryl/α,β-unsaturated/α-hetero) is 1. The summed E-state index contributed by atoms with van der Waals surface area (Å²) in [5.41, 5.74) is 1.94. The zero-order chi connectivity index (χ0) is 13.8. The Morgan fingerprint density at radius 1 is 1.15 bits per heavy atom. The lowest BCUT2D eigenvalue weighted by Gasteiger charge is -2.27. The zero-order valence-electron chi connectivity index (χ0n) is 11.7. The molecule has 3 heteroatoms. The Hall–Kier alpha value is -1.77. The number of benzene rings is 1. The van der Waals surface area contributed by atoms with Gasteiger partial charge in [-0.15, -0.1) is 0 Å². The van der Waals surface area contributed by atoms with Crippen LogP contribution in [0.5, 0.6) is 5.75 Å². The van der Waals surface area contributed by atoms with E-state index in [4.69, 9.17) is 4.74 Å². The molecule has 0 saturated heterocycles. The Morgan fingerprint density at radius 2 is 2.00 bits per heavy atom. The molecular formula is C17H21NO2. The van der Waals surface area contributed by atoms with Crippen LogP contribution < -0.4 is 10.1 Å². The molecule has 0 fully saturated rings. The fourth-order valence-corrected chi connectivity index (χ4v) is 2.88. The van der Waals surface area contributed by atoms with Gasteiger partial charge in [-0.25, -0.2) is 0 Å². The monoisotopic (exact) mass is 271 g/mol. The lowest BCUT2D eigenvalue weighted by Crippen LogP contribution is -2.38. The molecule has 1 N–H and O–H groups in total. The van der Waals surface area contributed by atoms with Crippen LogP contribution in [0.4, 0.5) is 5.69 Å². The second kappa shape index (κ2) is 6.12. The van der Waals surface area contributed by atoms with E-state index in [1.54, 1.807) is 0 Å². The number of hydrogen-bond acceptors (Lipinski definition) is 3. The van der Waals surface area contributed by atoms with Crippen LogP contribution in [0.2, 0.25) is 0 Å². The molecule has 0 spiro atoms. The highest BCUT2D eigenvalue weighted by atomic mass is 16.5. The fourth-order valence-electron chi connectivity index (χ4n) is 2.88. The molecule has 20 heavy (non-hydrogen) atoms. The molecule has 0 bridgehead atoms. The normalized spacial score (nSPS) is 25.0. The van der Waals surface area contributed by atoms with Crippen molar-refractivity contribution in [1.82, 2.24) is 0 Å². The van der Waals surface area contributed by atoms with E-state index in [9.17, 15) is 4.79 Å². The number of ketones is 1. The summed E-state index contributed by atoms with van der Waals surface area (Å²) in [4.78, 5) is 12.6. The SMILES string of the molecule is O=C(/C1=C/CCCCCC1)C1CNc2ccccc2O1. The van der Waals surface area contributed by atoms with Crippen molar-refractivity contribution < 1.29 is 9.53 Å². The summed E-state index contributed by atoms with van der Waals surface area (Å²) in [6, 6.07) is 7.79. The number of hydrogen-bond donors (Lipinski definition) is 1. The van der Waals surface area contributed by atoms with Gasteiger partial charge in [0, 0.05) is 0 Å². The Bertz CT molecular complexity index is 521. The molecule has 0 amide bonds. The lowest BCUT2D eigenvalue weighted by molar-refractivity contribution is -0.121. The predicted octanol–water partition coefficient (Wildman–Crippen LogP) is 3.71. The second-order valence-corrected chi connectivity index (χ2v) is 5.53. The first kappa shape index (κ1) is 13.2. The summed E-state index contributed by atoms with van der Waals surface area (Å²) in [5.74, 6) is 0.942. The number of carbonyl (C=O) groups is 1. The maximum absolute atomic E-state index is 12.6. The second-order valence-electron chi connectivity index (χ2n) is 5.53. The molecule has 1 aliphatic heterocycles. The Balaban J connectivity index is 1.72. The van der Waals surface area contributed by atoms with Gasteiger partial charge in [0.15, 0.2) is 6.10 Å². The molecular weight excluding hydrogens is 250 g/mol. The van der Waals surface area contributed by atoms with E-state index in [-0.39, 0.29) is 11.9 Å². The average Bonchev–Trinajstić information content (AvgIpc) is 2.46. The Morgan fingerprint density at radius 3 is 2.95 bits per heavy atom. The van der Waals surface area contributed by atoms with Gasteiger partial charge in [0.05, 0.1) is 12.2 Å². The van der Waals surface area contributed by atoms with Crippen molar-refractivity contribution in [3.05, 3.63) is 35.9 Å². The van der Waals surface area contributed by atoms with Crippen molar-refractivity contribution in [3.63, 3.8) is 0 Å². The molecule has 1 atom stereocenters. The van der Waals surface area contributed by atoms with E-state index in [1.807, 2.05) is 24.3 Å². The van der Waals surface area contributed by atoms with Gasteiger partial charge in [0.25, 0.3) is 0 Å². The molecule has 3 nitrogen and oxygen atoms in total. The third-order valence-electron chi connectivity index (χ3n) is 4.03. The topological polar surface area (TPSA) is 38.3 Å². The van der Waals surface area contributed by atoms with Crippen LogP contribution in [0.3, 0.4) is 0 Å². The molecule has 1 aromatic rings. The minimum absolute atomic E-state index is 0.161. The highest BCUT2D eigenvalue weighted by Crippen LogP contribution is 2.29. The van der Waals surface area contributed by atoms with Crippen molar-refractivity contribution in [1.29, 1.82) is 0 Å². The van der Waals surface area contributed by atoms with Crippen molar-refractivity contribution in [3.8, 4) is 5.75 Å². The number of carbonyl (C=O) groups excluding carboxylic acids is 1. The van der Waals surface area contributed by atoms with E-state index in [0.717, 1.165) is 36.3 Å². The van der Waals surface area contributed by atoms with Crippen LogP contribution in [0, 0.1) is 0 Å². The van der Waals surface area contributed by atoms with Crippen LogP contribution >= 0.6 is 0 Å². The van der Waals surface area contributed by atoms with Crippen molar-refractivity contribution in [2.75, 3.05) is 11.9 Å².